The summed E-state index contributed by atoms with van der Waals surface area (Å²) in [6, 6.07) is 0. The summed E-state index contributed by atoms with van der Waals surface area (Å²) in [5.41, 5.74) is 5.35. The number of unbranched alkanes of at least 4 members (excludes halogenated alkanes) is 28. The van der Waals surface area contributed by atoms with Gasteiger partial charge in [-0.25, -0.2) is 4.57 Å². The maximum Gasteiger partial charge on any atom is 0.472 e. The first-order valence-corrected chi connectivity index (χ1v) is 25.3. The van der Waals surface area contributed by atoms with Gasteiger partial charge in [0.2, 0.25) is 0 Å². The zero-order chi connectivity index (χ0) is 41.8. The molecule has 0 amide bonds. The Balaban J connectivity index is 4.07. The second kappa shape index (κ2) is 44.1. The molecule has 0 rings (SSSR count). The molecular formula is C47H90NO8P. The summed E-state index contributed by atoms with van der Waals surface area (Å²) >= 11 is 0. The van der Waals surface area contributed by atoms with Crippen molar-refractivity contribution in [3.8, 4) is 0 Å². The summed E-state index contributed by atoms with van der Waals surface area (Å²) in [4.78, 5) is 34.9. The average molecular weight is 828 g/mol. The van der Waals surface area contributed by atoms with E-state index < -0.39 is 32.5 Å². The van der Waals surface area contributed by atoms with Crippen molar-refractivity contribution in [3.63, 3.8) is 0 Å². The van der Waals surface area contributed by atoms with Crippen LogP contribution in [0.25, 0.3) is 0 Å². The Labute approximate surface area is 351 Å². The van der Waals surface area contributed by atoms with Crippen LogP contribution in [-0.4, -0.2) is 49.3 Å². The summed E-state index contributed by atoms with van der Waals surface area (Å²) in [6.07, 6.45) is 48.0. The predicted octanol–water partition coefficient (Wildman–Crippen LogP) is 13.9. The summed E-state index contributed by atoms with van der Waals surface area (Å²) in [5, 5.41) is 0. The van der Waals surface area contributed by atoms with E-state index in [1.165, 1.54) is 154 Å². The molecule has 10 heteroatoms. The highest BCUT2D eigenvalue weighted by Crippen LogP contribution is 2.43. The average Bonchev–Trinajstić information content (AvgIpc) is 3.20. The van der Waals surface area contributed by atoms with E-state index in [0.717, 1.165) is 38.5 Å². The molecule has 0 aliphatic carbocycles. The molecular weight excluding hydrogens is 737 g/mol. The van der Waals surface area contributed by atoms with Gasteiger partial charge in [-0.2, -0.15) is 0 Å². The maximum absolute atomic E-state index is 12.6. The smallest absolute Gasteiger partial charge is 0.462 e. The first kappa shape index (κ1) is 55.5. The number of esters is 2. The zero-order valence-corrected chi connectivity index (χ0v) is 38.0. The van der Waals surface area contributed by atoms with E-state index in [2.05, 4.69) is 38.2 Å². The van der Waals surface area contributed by atoms with Crippen molar-refractivity contribution in [2.75, 3.05) is 26.4 Å². The second-order valence-electron chi connectivity index (χ2n) is 16.0. The number of phosphoric acid groups is 1. The summed E-state index contributed by atoms with van der Waals surface area (Å²) in [5.74, 6) is -0.877. The Kier molecular flexibility index (Phi) is 42.9. The molecule has 0 aromatic rings. The lowest BCUT2D eigenvalue weighted by Gasteiger charge is -2.19. The van der Waals surface area contributed by atoms with Crippen molar-refractivity contribution in [3.05, 3.63) is 24.3 Å². The number of hydrogen-bond acceptors (Lipinski definition) is 8. The third-order valence-corrected chi connectivity index (χ3v) is 11.3. The molecule has 3 N–H and O–H groups in total. The first-order chi connectivity index (χ1) is 27.8. The fourth-order valence-corrected chi connectivity index (χ4v) is 7.52. The van der Waals surface area contributed by atoms with Crippen LogP contribution in [0.1, 0.15) is 232 Å². The maximum atomic E-state index is 12.6. The summed E-state index contributed by atoms with van der Waals surface area (Å²) in [6.45, 7) is 3.71. The van der Waals surface area contributed by atoms with Crippen molar-refractivity contribution in [1.29, 1.82) is 0 Å². The Morgan fingerprint density at radius 2 is 0.877 bits per heavy atom. The molecule has 0 aromatic carbocycles. The third-order valence-electron chi connectivity index (χ3n) is 10.3. The van der Waals surface area contributed by atoms with Crippen LogP contribution in [0.4, 0.5) is 0 Å². The van der Waals surface area contributed by atoms with E-state index in [9.17, 15) is 19.0 Å². The van der Waals surface area contributed by atoms with E-state index in [-0.39, 0.29) is 32.6 Å². The van der Waals surface area contributed by atoms with Crippen LogP contribution in [0, 0.1) is 0 Å². The van der Waals surface area contributed by atoms with Gasteiger partial charge in [-0.3, -0.25) is 18.6 Å². The first-order valence-electron chi connectivity index (χ1n) is 23.8. The monoisotopic (exact) mass is 828 g/mol. The van der Waals surface area contributed by atoms with Gasteiger partial charge in [0.1, 0.15) is 6.61 Å². The normalized spacial score (nSPS) is 13.4. The lowest BCUT2D eigenvalue weighted by atomic mass is 10.0. The van der Waals surface area contributed by atoms with Crippen LogP contribution in [0.2, 0.25) is 0 Å². The summed E-state index contributed by atoms with van der Waals surface area (Å²) in [7, 11) is -4.38. The molecule has 9 nitrogen and oxygen atoms in total. The highest BCUT2D eigenvalue weighted by molar-refractivity contribution is 7.47. The largest absolute Gasteiger partial charge is 0.472 e. The van der Waals surface area contributed by atoms with Crippen LogP contribution >= 0.6 is 7.82 Å². The molecule has 0 spiro atoms. The van der Waals surface area contributed by atoms with Gasteiger partial charge in [0.25, 0.3) is 0 Å². The highest BCUT2D eigenvalue weighted by atomic mass is 31.2. The van der Waals surface area contributed by atoms with Crippen molar-refractivity contribution in [2.45, 2.75) is 238 Å². The number of ether oxygens (including phenoxy) is 2. The topological polar surface area (TPSA) is 134 Å². The molecule has 0 bridgehead atoms. The fourth-order valence-electron chi connectivity index (χ4n) is 6.75. The molecule has 0 saturated heterocycles. The second-order valence-corrected chi connectivity index (χ2v) is 17.4. The molecule has 0 aliphatic heterocycles. The van der Waals surface area contributed by atoms with Gasteiger partial charge in [-0.05, 0) is 57.8 Å². The lowest BCUT2D eigenvalue weighted by Crippen LogP contribution is -2.29. The molecule has 0 fully saturated rings. The van der Waals surface area contributed by atoms with Crippen molar-refractivity contribution < 1.29 is 37.6 Å². The molecule has 1 unspecified atom stereocenters. The minimum Gasteiger partial charge on any atom is -0.462 e. The van der Waals surface area contributed by atoms with E-state index in [4.69, 9.17) is 24.3 Å². The Hall–Kier alpha value is -1.51. The van der Waals surface area contributed by atoms with Crippen molar-refractivity contribution in [1.82, 2.24) is 0 Å². The van der Waals surface area contributed by atoms with Gasteiger partial charge in [0.05, 0.1) is 13.2 Å². The molecule has 0 aromatic heterocycles. The number of phosphoric ester groups is 1. The van der Waals surface area contributed by atoms with Crippen LogP contribution in [0.15, 0.2) is 24.3 Å². The summed E-state index contributed by atoms with van der Waals surface area (Å²) < 4.78 is 32.8. The number of hydrogen-bond donors (Lipinski definition) is 2. The van der Waals surface area contributed by atoms with Crippen molar-refractivity contribution in [2.24, 2.45) is 5.73 Å². The molecule has 0 saturated carbocycles. The minimum absolute atomic E-state index is 0.0490. The fraction of sp³-hybridized carbons (Fsp3) is 0.872. The van der Waals surface area contributed by atoms with E-state index in [0.29, 0.717) is 12.8 Å². The number of rotatable bonds is 45. The Morgan fingerprint density at radius 3 is 1.30 bits per heavy atom. The molecule has 2 atom stereocenters. The molecule has 0 aliphatic rings. The number of carbonyl (C=O) groups excluding carboxylic acids is 2. The van der Waals surface area contributed by atoms with Gasteiger partial charge >= 0.3 is 19.8 Å². The van der Waals surface area contributed by atoms with Crippen LogP contribution in [-0.2, 0) is 32.7 Å². The third kappa shape index (κ3) is 43.9. The highest BCUT2D eigenvalue weighted by Gasteiger charge is 2.26. The quantitative estimate of drug-likeness (QED) is 0.0266. The van der Waals surface area contributed by atoms with Crippen molar-refractivity contribution >= 4 is 19.8 Å². The van der Waals surface area contributed by atoms with E-state index in [1.54, 1.807) is 0 Å². The number of allylic oxidation sites excluding steroid dienone is 4. The molecule has 57 heavy (non-hydrogen) atoms. The van der Waals surface area contributed by atoms with Gasteiger partial charge in [-0.1, -0.05) is 186 Å². The SMILES string of the molecule is CCCCCCCC/C=C/CCCCCC(=O)OC[C@H](COP(=O)(O)OCCN)OC(=O)CCC/C=C/CCCCCCCCCCCCCCCCCCCC. The zero-order valence-electron chi connectivity index (χ0n) is 37.1. The van der Waals surface area contributed by atoms with E-state index >= 15 is 0 Å². The molecule has 336 valence electrons. The minimum atomic E-state index is -4.38. The van der Waals surface area contributed by atoms with Crippen LogP contribution in [0.5, 0.6) is 0 Å². The van der Waals surface area contributed by atoms with Gasteiger partial charge in [0.15, 0.2) is 6.10 Å². The predicted molar refractivity (Wildman–Crippen MR) is 238 cm³/mol. The molecule has 0 radical (unpaired) electrons. The van der Waals surface area contributed by atoms with Gasteiger partial charge in [0, 0.05) is 19.4 Å². The Morgan fingerprint density at radius 1 is 0.509 bits per heavy atom. The molecule has 0 heterocycles. The lowest BCUT2D eigenvalue weighted by molar-refractivity contribution is -0.161. The van der Waals surface area contributed by atoms with Gasteiger partial charge < -0.3 is 20.1 Å². The number of nitrogens with two attached hydrogens (primary N) is 1. The standard InChI is InChI=1S/C47H90NO8P/c1-3-5-7-9-11-13-15-17-18-19-20-21-22-23-24-25-26-28-30-32-34-36-38-40-47(50)56-45(44-55-57(51,52)54-42-41-48)43-53-46(49)39-37-35-33-31-29-27-16-14-12-10-8-6-4-2/h27,29,32,34,45H,3-26,28,30-31,33,35-44,48H2,1-2H3,(H,51,52)/b29-27+,34-32+/t45-/m1/s1. The van der Waals surface area contributed by atoms with E-state index in [1.807, 2.05) is 0 Å². The van der Waals surface area contributed by atoms with Crippen LogP contribution in [0.3, 0.4) is 0 Å². The van der Waals surface area contributed by atoms with Gasteiger partial charge in [-0.15, -0.1) is 0 Å². The Bertz CT molecular complexity index is 990. The number of carbonyl (C=O) groups is 2. The van der Waals surface area contributed by atoms with Crippen LogP contribution < -0.4 is 5.73 Å².